The first-order valence-corrected chi connectivity index (χ1v) is 11.3. The van der Waals surface area contributed by atoms with E-state index in [1.54, 1.807) is 29.0 Å². The van der Waals surface area contributed by atoms with Gasteiger partial charge in [-0.2, -0.15) is 0 Å². The van der Waals surface area contributed by atoms with Crippen molar-refractivity contribution in [3.05, 3.63) is 47.4 Å². The van der Waals surface area contributed by atoms with E-state index in [2.05, 4.69) is 15.0 Å². The minimum absolute atomic E-state index is 0.241. The molecule has 3 aromatic heterocycles. The number of hydrogen-bond donors (Lipinski definition) is 4. The number of rotatable bonds is 3. The highest BCUT2D eigenvalue weighted by Crippen LogP contribution is 2.48. The van der Waals surface area contributed by atoms with Crippen molar-refractivity contribution in [3.8, 4) is 5.75 Å². The molecule has 4 aromatic rings. The van der Waals surface area contributed by atoms with Crippen LogP contribution in [0.15, 0.2) is 36.8 Å². The molecular formula is C23H23ClN6O4. The molecule has 2 aliphatic rings. The first kappa shape index (κ1) is 21.4. The molecule has 1 saturated carbocycles. The number of halogens is 1. The Balaban J connectivity index is 1.31. The summed E-state index contributed by atoms with van der Waals surface area (Å²) in [5, 5.41) is 24.4. The first-order chi connectivity index (χ1) is 16.3. The van der Waals surface area contributed by atoms with Crippen LogP contribution in [0.3, 0.4) is 0 Å². The third-order valence-corrected chi connectivity index (χ3v) is 7.19. The van der Waals surface area contributed by atoms with Gasteiger partial charge in [-0.05, 0) is 43.5 Å². The molecule has 0 amide bonds. The van der Waals surface area contributed by atoms with Crippen LogP contribution in [0.1, 0.15) is 24.6 Å². The summed E-state index contributed by atoms with van der Waals surface area (Å²) >= 11 is 6.06. The SMILES string of the molecule is Cc1cn([C@@H]2O[C@@H]3[C@@H](Oc4ccc5cc(Cl)c(N)nc5c4)CC[C@]3(O)[C@H]2O)c2ncnc(N)c12. The largest absolute Gasteiger partial charge is 0.488 e. The Morgan fingerprint density at radius 3 is 2.88 bits per heavy atom. The van der Waals surface area contributed by atoms with E-state index in [1.165, 1.54) is 6.33 Å². The van der Waals surface area contributed by atoms with Gasteiger partial charge in [0.15, 0.2) is 6.23 Å². The van der Waals surface area contributed by atoms with Gasteiger partial charge in [0.1, 0.15) is 53.3 Å². The molecule has 5 atom stereocenters. The highest BCUT2D eigenvalue weighted by molar-refractivity contribution is 6.33. The van der Waals surface area contributed by atoms with Crippen molar-refractivity contribution in [1.82, 2.24) is 19.5 Å². The Kier molecular flexibility index (Phi) is 4.65. The van der Waals surface area contributed by atoms with Crippen molar-refractivity contribution in [3.63, 3.8) is 0 Å². The molecule has 2 fully saturated rings. The molecule has 6 rings (SSSR count). The van der Waals surface area contributed by atoms with Crippen molar-refractivity contribution in [2.45, 2.75) is 49.9 Å². The molecule has 11 heteroatoms. The Morgan fingerprint density at radius 2 is 2.06 bits per heavy atom. The summed E-state index contributed by atoms with van der Waals surface area (Å²) in [6.07, 6.45) is 0.740. The number of aromatic nitrogens is 4. The molecule has 1 aromatic carbocycles. The fourth-order valence-electron chi connectivity index (χ4n) is 5.20. The van der Waals surface area contributed by atoms with Crippen LogP contribution >= 0.6 is 11.6 Å². The standard InChI is InChI=1S/C23H23ClN6O4/c1-10-8-30(21-16(10)20(26)27-9-28-21)22-17(31)23(32)5-4-15(18(23)34-22)33-12-3-2-11-6-13(24)19(25)29-14(11)7-12/h2-3,6-9,15,17-18,22,31-32H,4-5H2,1H3,(H2,25,29)(H2,26,27,28)/t15-,17-,18+,22+,23-/m0/s1. The molecule has 4 heterocycles. The maximum absolute atomic E-state index is 11.4. The zero-order valence-electron chi connectivity index (χ0n) is 18.2. The van der Waals surface area contributed by atoms with Crippen molar-refractivity contribution in [1.29, 1.82) is 0 Å². The number of aryl methyl sites for hydroxylation is 1. The van der Waals surface area contributed by atoms with Gasteiger partial charge in [0.25, 0.3) is 0 Å². The maximum atomic E-state index is 11.4. The zero-order valence-corrected chi connectivity index (χ0v) is 19.0. The number of pyridine rings is 1. The molecule has 176 valence electrons. The number of nitrogens with zero attached hydrogens (tertiary/aromatic N) is 4. The van der Waals surface area contributed by atoms with Crippen LogP contribution in [0.2, 0.25) is 5.02 Å². The number of aliphatic hydroxyl groups is 2. The average molecular weight is 483 g/mol. The average Bonchev–Trinajstić information content (AvgIpc) is 3.39. The second-order valence-corrected chi connectivity index (χ2v) is 9.37. The number of benzene rings is 1. The maximum Gasteiger partial charge on any atom is 0.164 e. The van der Waals surface area contributed by atoms with Crippen LogP contribution in [-0.4, -0.2) is 53.6 Å². The van der Waals surface area contributed by atoms with E-state index in [-0.39, 0.29) is 5.82 Å². The van der Waals surface area contributed by atoms with Gasteiger partial charge in [-0.1, -0.05) is 11.6 Å². The van der Waals surface area contributed by atoms with Gasteiger partial charge < -0.3 is 35.7 Å². The predicted octanol–water partition coefficient (Wildman–Crippen LogP) is 2.34. The summed E-state index contributed by atoms with van der Waals surface area (Å²) < 4.78 is 14.2. The molecule has 1 aliphatic heterocycles. The lowest BCUT2D eigenvalue weighted by Crippen LogP contribution is -2.47. The minimum atomic E-state index is -1.47. The van der Waals surface area contributed by atoms with Crippen molar-refractivity contribution in [2.24, 2.45) is 0 Å². The number of aliphatic hydroxyl groups excluding tert-OH is 1. The fraction of sp³-hybridized carbons (Fsp3) is 0.348. The van der Waals surface area contributed by atoms with E-state index in [0.717, 1.165) is 10.9 Å². The van der Waals surface area contributed by atoms with Crippen LogP contribution in [0.5, 0.6) is 5.75 Å². The van der Waals surface area contributed by atoms with Gasteiger partial charge in [0, 0.05) is 17.6 Å². The summed E-state index contributed by atoms with van der Waals surface area (Å²) in [6, 6.07) is 7.16. The van der Waals surface area contributed by atoms with E-state index in [9.17, 15) is 10.2 Å². The summed E-state index contributed by atoms with van der Waals surface area (Å²) in [5.74, 6) is 1.14. The fourth-order valence-corrected chi connectivity index (χ4v) is 5.36. The van der Waals surface area contributed by atoms with Crippen LogP contribution in [-0.2, 0) is 4.74 Å². The Bertz CT molecular complexity index is 1440. The highest BCUT2D eigenvalue weighted by Gasteiger charge is 2.62. The lowest BCUT2D eigenvalue weighted by atomic mass is 9.94. The summed E-state index contributed by atoms with van der Waals surface area (Å²) in [6.45, 7) is 1.88. The van der Waals surface area contributed by atoms with Crippen molar-refractivity contribution in [2.75, 3.05) is 11.5 Å². The van der Waals surface area contributed by atoms with E-state index in [0.29, 0.717) is 46.0 Å². The highest BCUT2D eigenvalue weighted by atomic mass is 35.5. The number of nitrogens with two attached hydrogens (primary N) is 2. The molecule has 6 N–H and O–H groups in total. The zero-order chi connectivity index (χ0) is 23.8. The second kappa shape index (κ2) is 7.41. The summed E-state index contributed by atoms with van der Waals surface area (Å²) in [5.41, 5.74) is 12.4. The number of nitrogen functional groups attached to an aromatic ring is 2. The van der Waals surface area contributed by atoms with Crippen molar-refractivity contribution >= 4 is 45.2 Å². The van der Waals surface area contributed by atoms with Gasteiger partial charge in [0.2, 0.25) is 0 Å². The quantitative estimate of drug-likeness (QED) is 0.344. The first-order valence-electron chi connectivity index (χ1n) is 10.9. The summed E-state index contributed by atoms with van der Waals surface area (Å²) in [7, 11) is 0. The molecule has 34 heavy (non-hydrogen) atoms. The predicted molar refractivity (Wildman–Crippen MR) is 126 cm³/mol. The van der Waals surface area contributed by atoms with Crippen molar-refractivity contribution < 1.29 is 19.7 Å². The van der Waals surface area contributed by atoms with E-state index >= 15 is 0 Å². The van der Waals surface area contributed by atoms with Crippen LogP contribution < -0.4 is 16.2 Å². The molecule has 1 aliphatic carbocycles. The number of hydrogen-bond acceptors (Lipinski definition) is 9. The Labute approximate surface area is 199 Å². The molecule has 0 unspecified atom stereocenters. The molecule has 0 spiro atoms. The molecular weight excluding hydrogens is 460 g/mol. The van der Waals surface area contributed by atoms with E-state index < -0.39 is 30.1 Å². The van der Waals surface area contributed by atoms with E-state index in [4.69, 9.17) is 32.5 Å². The van der Waals surface area contributed by atoms with Crippen LogP contribution in [0.25, 0.3) is 21.9 Å². The smallest absolute Gasteiger partial charge is 0.164 e. The molecule has 0 bridgehead atoms. The monoisotopic (exact) mass is 482 g/mol. The third kappa shape index (κ3) is 3.03. The number of fused-ring (bicyclic) bond motifs is 3. The Hall–Kier alpha value is -3.18. The number of ether oxygens (including phenoxy) is 2. The van der Waals surface area contributed by atoms with E-state index in [1.807, 2.05) is 13.0 Å². The molecule has 10 nitrogen and oxygen atoms in total. The van der Waals surface area contributed by atoms with Gasteiger partial charge >= 0.3 is 0 Å². The lowest BCUT2D eigenvalue weighted by molar-refractivity contribution is -0.0791. The number of anilines is 2. The van der Waals surface area contributed by atoms with Gasteiger partial charge in [0.05, 0.1) is 15.9 Å². The van der Waals surface area contributed by atoms with Gasteiger partial charge in [-0.15, -0.1) is 0 Å². The minimum Gasteiger partial charge on any atom is -0.488 e. The van der Waals surface area contributed by atoms with Gasteiger partial charge in [-0.3, -0.25) is 0 Å². The third-order valence-electron chi connectivity index (χ3n) is 6.89. The topological polar surface area (TPSA) is 155 Å². The molecule has 1 saturated heterocycles. The second-order valence-electron chi connectivity index (χ2n) is 8.97. The lowest BCUT2D eigenvalue weighted by Gasteiger charge is -2.26. The summed E-state index contributed by atoms with van der Waals surface area (Å²) in [4.78, 5) is 12.7. The normalized spacial score (nSPS) is 28.6. The van der Waals surface area contributed by atoms with Crippen LogP contribution in [0.4, 0.5) is 11.6 Å². The Morgan fingerprint density at radius 1 is 1.24 bits per heavy atom. The van der Waals surface area contributed by atoms with Crippen LogP contribution in [0, 0.1) is 6.92 Å². The van der Waals surface area contributed by atoms with Gasteiger partial charge in [-0.25, -0.2) is 15.0 Å². The molecule has 0 radical (unpaired) electrons.